The second-order valence-electron chi connectivity index (χ2n) is 5.67. The van der Waals surface area contributed by atoms with Crippen molar-refractivity contribution >= 4 is 34.1 Å². The van der Waals surface area contributed by atoms with Gasteiger partial charge >= 0.3 is 0 Å². The number of halogens is 1. The minimum atomic E-state index is -0.344. The van der Waals surface area contributed by atoms with Crippen LogP contribution < -0.4 is 0 Å². The van der Waals surface area contributed by atoms with Crippen molar-refractivity contribution in [1.29, 1.82) is 0 Å². The number of nitrogens with zero attached hydrogens (tertiary/aromatic N) is 4. The molecule has 3 heterocycles. The van der Waals surface area contributed by atoms with Crippen LogP contribution in [0.2, 0.25) is 0 Å². The van der Waals surface area contributed by atoms with Crippen LogP contribution in [0.3, 0.4) is 0 Å². The Labute approximate surface area is 132 Å². The van der Waals surface area contributed by atoms with E-state index in [0.717, 1.165) is 27.6 Å². The summed E-state index contributed by atoms with van der Waals surface area (Å²) in [5.41, 5.74) is 2.47. The Balaban J connectivity index is 2.32. The summed E-state index contributed by atoms with van der Waals surface area (Å²) in [5.74, 6) is 0.824. The molecular formula is C15H17ClN4S. The summed E-state index contributed by atoms with van der Waals surface area (Å²) in [6, 6.07) is 2.04. The number of hydrogen-bond donors (Lipinski definition) is 0. The molecule has 1 atom stereocenters. The molecule has 0 radical (unpaired) electrons. The van der Waals surface area contributed by atoms with Crippen LogP contribution in [-0.2, 0) is 5.54 Å². The van der Waals surface area contributed by atoms with E-state index in [2.05, 4.69) is 28.4 Å². The first-order valence-electron chi connectivity index (χ1n) is 6.81. The highest BCUT2D eigenvalue weighted by Gasteiger charge is 2.32. The zero-order chi connectivity index (χ0) is 15.2. The number of alkyl halides is 1. The first kappa shape index (κ1) is 14.5. The highest BCUT2D eigenvalue weighted by molar-refractivity contribution is 7.09. The molecule has 0 saturated heterocycles. The van der Waals surface area contributed by atoms with Crippen LogP contribution >= 0.6 is 22.9 Å². The minimum absolute atomic E-state index is 0.196. The first-order valence-corrected chi connectivity index (χ1v) is 8.12. The van der Waals surface area contributed by atoms with Crippen molar-refractivity contribution in [2.24, 2.45) is 0 Å². The first-order chi connectivity index (χ1) is 9.91. The van der Waals surface area contributed by atoms with Gasteiger partial charge in [-0.25, -0.2) is 15.0 Å². The average Bonchev–Trinajstić information content (AvgIpc) is 3.05. The molecule has 0 bridgehead atoms. The van der Waals surface area contributed by atoms with E-state index in [1.54, 1.807) is 11.3 Å². The van der Waals surface area contributed by atoms with E-state index in [1.807, 2.05) is 37.7 Å². The highest BCUT2D eigenvalue weighted by Crippen LogP contribution is 2.35. The lowest BCUT2D eigenvalue weighted by Gasteiger charge is -2.27. The zero-order valence-electron chi connectivity index (χ0n) is 12.5. The molecule has 0 aliphatic rings. The van der Waals surface area contributed by atoms with E-state index in [9.17, 15) is 0 Å². The van der Waals surface area contributed by atoms with Gasteiger partial charge in [0.1, 0.15) is 16.3 Å². The summed E-state index contributed by atoms with van der Waals surface area (Å²) in [5, 5.41) is 2.80. The van der Waals surface area contributed by atoms with Gasteiger partial charge in [-0.15, -0.1) is 22.9 Å². The van der Waals surface area contributed by atoms with Gasteiger partial charge in [-0.05, 0) is 39.3 Å². The molecule has 4 nitrogen and oxygen atoms in total. The van der Waals surface area contributed by atoms with Crippen molar-refractivity contribution in [1.82, 2.24) is 19.5 Å². The molecule has 0 N–H and O–H groups in total. The zero-order valence-corrected chi connectivity index (χ0v) is 14.0. The molecule has 3 aromatic rings. The molecule has 0 aliphatic carbocycles. The van der Waals surface area contributed by atoms with E-state index in [0.29, 0.717) is 0 Å². The fourth-order valence-corrected chi connectivity index (χ4v) is 3.42. The van der Waals surface area contributed by atoms with Gasteiger partial charge < -0.3 is 0 Å². The third kappa shape index (κ3) is 2.34. The van der Waals surface area contributed by atoms with Gasteiger partial charge in [0.15, 0.2) is 5.65 Å². The third-order valence-corrected chi connectivity index (χ3v) is 4.81. The summed E-state index contributed by atoms with van der Waals surface area (Å²) in [4.78, 5) is 13.7. The van der Waals surface area contributed by atoms with Gasteiger partial charge in [-0.3, -0.25) is 4.57 Å². The second-order valence-corrected chi connectivity index (χ2v) is 7.22. The van der Waals surface area contributed by atoms with Crippen molar-refractivity contribution in [3.63, 3.8) is 0 Å². The largest absolute Gasteiger partial charge is 0.299 e. The van der Waals surface area contributed by atoms with Gasteiger partial charge in [0.2, 0.25) is 0 Å². The maximum Gasteiger partial charge on any atom is 0.160 e. The normalized spacial score (nSPS) is 13.8. The van der Waals surface area contributed by atoms with Crippen molar-refractivity contribution in [3.05, 3.63) is 40.2 Å². The van der Waals surface area contributed by atoms with E-state index in [-0.39, 0.29) is 10.9 Å². The lowest BCUT2D eigenvalue weighted by molar-refractivity contribution is 0.427. The molecule has 6 heteroatoms. The van der Waals surface area contributed by atoms with E-state index in [1.165, 1.54) is 0 Å². The molecule has 3 rings (SSSR count). The number of fused-ring (bicyclic) bond motifs is 1. The Morgan fingerprint density at radius 1 is 1.33 bits per heavy atom. The predicted molar refractivity (Wildman–Crippen MR) is 87.1 cm³/mol. The Kier molecular flexibility index (Phi) is 3.50. The number of aryl methyl sites for hydroxylation is 1. The van der Waals surface area contributed by atoms with Gasteiger partial charge in [0, 0.05) is 17.8 Å². The second kappa shape index (κ2) is 5.07. The van der Waals surface area contributed by atoms with Gasteiger partial charge in [0.05, 0.1) is 10.9 Å². The Morgan fingerprint density at radius 2 is 2.10 bits per heavy atom. The number of imidazole rings is 1. The summed E-state index contributed by atoms with van der Waals surface area (Å²) in [6.45, 7) is 8.19. The fourth-order valence-electron chi connectivity index (χ4n) is 2.52. The van der Waals surface area contributed by atoms with Gasteiger partial charge in [-0.2, -0.15) is 0 Å². The molecule has 0 aliphatic heterocycles. The van der Waals surface area contributed by atoms with Crippen molar-refractivity contribution in [2.45, 2.75) is 38.6 Å². The van der Waals surface area contributed by atoms with Crippen LogP contribution in [-0.4, -0.2) is 19.5 Å². The molecule has 21 heavy (non-hydrogen) atoms. The Bertz CT molecular complexity index is 774. The number of rotatable bonds is 3. The van der Waals surface area contributed by atoms with Crippen LogP contribution in [0.1, 0.15) is 42.5 Å². The van der Waals surface area contributed by atoms with Crippen molar-refractivity contribution < 1.29 is 0 Å². The molecule has 0 spiro atoms. The van der Waals surface area contributed by atoms with Gasteiger partial charge in [-0.1, -0.05) is 0 Å². The summed E-state index contributed by atoms with van der Waals surface area (Å²) >= 11 is 7.99. The maximum absolute atomic E-state index is 6.36. The number of pyridine rings is 1. The number of hydrogen-bond acceptors (Lipinski definition) is 4. The van der Waals surface area contributed by atoms with Crippen LogP contribution in [0.15, 0.2) is 23.8 Å². The molecule has 110 valence electrons. The summed E-state index contributed by atoms with van der Waals surface area (Å²) < 4.78 is 2.11. The minimum Gasteiger partial charge on any atom is -0.299 e. The highest BCUT2D eigenvalue weighted by atomic mass is 35.5. The lowest BCUT2D eigenvalue weighted by atomic mass is 10.1. The standard InChI is InChI=1S/C15H17ClN4S/c1-9-7-11-13(18-8-9)20(12(19-11)10(2)16)15(3,4)14-17-5-6-21-14/h5-8,10H,1-4H3. The Morgan fingerprint density at radius 3 is 2.71 bits per heavy atom. The topological polar surface area (TPSA) is 43.6 Å². The molecule has 0 amide bonds. The van der Waals surface area contributed by atoms with E-state index >= 15 is 0 Å². The third-order valence-electron chi connectivity index (χ3n) is 3.53. The van der Waals surface area contributed by atoms with Crippen LogP contribution in [0.25, 0.3) is 11.2 Å². The SMILES string of the molecule is Cc1cnc2c(c1)nc(C(C)Cl)n2C(C)(C)c1nccs1. The van der Waals surface area contributed by atoms with Crippen LogP contribution in [0, 0.1) is 6.92 Å². The average molecular weight is 321 g/mol. The van der Waals surface area contributed by atoms with E-state index < -0.39 is 0 Å². The summed E-state index contributed by atoms with van der Waals surface area (Å²) in [7, 11) is 0. The van der Waals surface area contributed by atoms with Crippen LogP contribution in [0.5, 0.6) is 0 Å². The monoisotopic (exact) mass is 320 g/mol. The fraction of sp³-hybridized carbons (Fsp3) is 0.400. The molecule has 0 aromatic carbocycles. The van der Waals surface area contributed by atoms with Crippen molar-refractivity contribution in [3.8, 4) is 0 Å². The Hall–Kier alpha value is -1.46. The van der Waals surface area contributed by atoms with E-state index in [4.69, 9.17) is 16.6 Å². The molecule has 3 aromatic heterocycles. The number of thiazole rings is 1. The lowest BCUT2D eigenvalue weighted by Crippen LogP contribution is -2.29. The number of aromatic nitrogens is 4. The summed E-state index contributed by atoms with van der Waals surface area (Å²) in [6.07, 6.45) is 3.68. The predicted octanol–water partition coefficient (Wildman–Crippen LogP) is 4.28. The molecule has 0 fully saturated rings. The molecule has 0 saturated carbocycles. The quantitative estimate of drug-likeness (QED) is 0.676. The van der Waals surface area contributed by atoms with Gasteiger partial charge in [0.25, 0.3) is 0 Å². The van der Waals surface area contributed by atoms with Crippen molar-refractivity contribution in [2.75, 3.05) is 0 Å². The molecular weight excluding hydrogens is 304 g/mol. The smallest absolute Gasteiger partial charge is 0.160 e. The maximum atomic E-state index is 6.36. The van der Waals surface area contributed by atoms with Crippen LogP contribution in [0.4, 0.5) is 0 Å². The molecule has 1 unspecified atom stereocenters.